The van der Waals surface area contributed by atoms with Crippen LogP contribution in [0.3, 0.4) is 0 Å². The molecule has 23 heavy (non-hydrogen) atoms. The summed E-state index contributed by atoms with van der Waals surface area (Å²) in [5.74, 6) is -0.541. The molecule has 0 saturated carbocycles. The van der Waals surface area contributed by atoms with E-state index in [9.17, 15) is 17.6 Å². The molecule has 1 aromatic carbocycles. The lowest BCUT2D eigenvalue weighted by molar-refractivity contribution is -0.122. The molecule has 6 heteroatoms. The number of ketones is 1. The molecule has 4 nitrogen and oxygen atoms in total. The second-order valence-electron chi connectivity index (χ2n) is 6.54. The molecule has 2 unspecified atom stereocenters. The van der Waals surface area contributed by atoms with Crippen molar-refractivity contribution >= 4 is 15.6 Å². The van der Waals surface area contributed by atoms with Crippen LogP contribution in [0.2, 0.25) is 0 Å². The molecule has 0 aromatic heterocycles. The second-order valence-corrected chi connectivity index (χ2v) is 9.06. The number of halogens is 1. The maximum atomic E-state index is 13.7. The first-order valence-corrected chi connectivity index (χ1v) is 9.60. The van der Waals surface area contributed by atoms with Crippen molar-refractivity contribution in [3.63, 3.8) is 0 Å². The molecule has 2 bridgehead atoms. The number of rotatable bonds is 4. The summed E-state index contributed by atoms with van der Waals surface area (Å²) in [4.78, 5) is 12.5. The molecule has 2 saturated heterocycles. The summed E-state index contributed by atoms with van der Waals surface area (Å²) < 4.78 is 43.1. The molecule has 2 fully saturated rings. The number of hydrogen-bond acceptors (Lipinski definition) is 4. The van der Waals surface area contributed by atoms with E-state index >= 15 is 0 Å². The summed E-state index contributed by atoms with van der Waals surface area (Å²) in [6.07, 6.45) is 3.26. The molecule has 1 aromatic rings. The highest BCUT2D eigenvalue weighted by Crippen LogP contribution is 2.40. The van der Waals surface area contributed by atoms with E-state index in [0.29, 0.717) is 31.2 Å². The summed E-state index contributed by atoms with van der Waals surface area (Å²) >= 11 is 0. The number of ether oxygens (including phenoxy) is 1. The molecule has 126 valence electrons. The lowest BCUT2D eigenvalue weighted by Gasteiger charge is -2.38. The summed E-state index contributed by atoms with van der Waals surface area (Å²) in [7, 11) is -1.66. The van der Waals surface area contributed by atoms with Crippen molar-refractivity contribution in [3.05, 3.63) is 29.6 Å². The Morgan fingerprint density at radius 2 is 1.91 bits per heavy atom. The van der Waals surface area contributed by atoms with Crippen molar-refractivity contribution in [2.24, 2.45) is 5.92 Å². The number of carbonyl (C=O) groups excluding carboxylic acids is 1. The van der Waals surface area contributed by atoms with E-state index in [1.807, 2.05) is 0 Å². The summed E-state index contributed by atoms with van der Waals surface area (Å²) in [5.41, 5.74) is 0.604. The zero-order valence-electron chi connectivity index (χ0n) is 13.1. The summed E-state index contributed by atoms with van der Waals surface area (Å²) in [5, 5.41) is -0.729. The Kier molecular flexibility index (Phi) is 4.45. The minimum absolute atomic E-state index is 0.0152. The van der Waals surface area contributed by atoms with Crippen LogP contribution < -0.4 is 4.74 Å². The van der Waals surface area contributed by atoms with Crippen molar-refractivity contribution < 1.29 is 22.3 Å². The van der Waals surface area contributed by atoms with Crippen molar-refractivity contribution in [2.45, 2.75) is 49.0 Å². The minimum atomic E-state index is -3.05. The van der Waals surface area contributed by atoms with Crippen molar-refractivity contribution in [3.8, 4) is 5.75 Å². The van der Waals surface area contributed by atoms with Crippen LogP contribution in [0.15, 0.2) is 18.2 Å². The van der Waals surface area contributed by atoms with Gasteiger partial charge in [0.15, 0.2) is 21.4 Å². The third kappa shape index (κ3) is 3.13. The molecule has 2 aliphatic heterocycles. The predicted molar refractivity (Wildman–Crippen MR) is 84.7 cm³/mol. The number of fused-ring (bicyclic) bond motifs is 2. The number of Topliss-reactive ketones (excluding diaryl/α,β-unsaturated/α-hetero) is 1. The standard InChI is InChI=1S/C17H21FO4S/c1-22-17-6-5-11(7-15(17)18)8-16(19)12-9-13-3-2-4-14(10-12)23(13,20)21/h5-7,12-14H,2-4,8-10H2,1H3. The first kappa shape index (κ1) is 16.4. The lowest BCUT2D eigenvalue weighted by atomic mass is 9.85. The van der Waals surface area contributed by atoms with Crippen LogP contribution >= 0.6 is 0 Å². The third-order valence-electron chi connectivity index (χ3n) is 5.13. The van der Waals surface area contributed by atoms with Crippen LogP contribution in [0.4, 0.5) is 4.39 Å². The molecule has 2 aliphatic rings. The van der Waals surface area contributed by atoms with Crippen LogP contribution in [0.5, 0.6) is 5.75 Å². The largest absolute Gasteiger partial charge is 0.494 e. The number of sulfone groups is 1. The van der Waals surface area contributed by atoms with Gasteiger partial charge in [0.25, 0.3) is 0 Å². The monoisotopic (exact) mass is 340 g/mol. The molecule has 2 atom stereocenters. The van der Waals surface area contributed by atoms with Crippen molar-refractivity contribution in [1.29, 1.82) is 0 Å². The number of benzene rings is 1. The van der Waals surface area contributed by atoms with Gasteiger partial charge in [-0.3, -0.25) is 4.79 Å². The van der Waals surface area contributed by atoms with Crippen LogP contribution in [0, 0.1) is 11.7 Å². The van der Waals surface area contributed by atoms with Gasteiger partial charge in [0.1, 0.15) is 5.78 Å². The van der Waals surface area contributed by atoms with Gasteiger partial charge in [0, 0.05) is 12.3 Å². The Balaban J connectivity index is 1.71. The van der Waals surface area contributed by atoms with E-state index in [0.717, 1.165) is 6.42 Å². The van der Waals surface area contributed by atoms with Crippen molar-refractivity contribution in [1.82, 2.24) is 0 Å². The summed E-state index contributed by atoms with van der Waals surface area (Å²) in [6.45, 7) is 0. The number of methoxy groups -OCH3 is 1. The Hall–Kier alpha value is -1.43. The van der Waals surface area contributed by atoms with Crippen LogP contribution in [-0.2, 0) is 21.1 Å². The maximum absolute atomic E-state index is 13.7. The van der Waals surface area contributed by atoms with Gasteiger partial charge in [-0.05, 0) is 43.4 Å². The van der Waals surface area contributed by atoms with E-state index in [1.165, 1.54) is 19.2 Å². The highest BCUT2D eigenvalue weighted by atomic mass is 32.2. The van der Waals surface area contributed by atoms with E-state index in [-0.39, 0.29) is 34.4 Å². The Bertz CT molecular complexity index is 693. The van der Waals surface area contributed by atoms with Crippen LogP contribution in [0.1, 0.15) is 37.7 Å². The molecular weight excluding hydrogens is 319 g/mol. The van der Waals surface area contributed by atoms with Gasteiger partial charge in [-0.1, -0.05) is 12.5 Å². The van der Waals surface area contributed by atoms with E-state index < -0.39 is 15.7 Å². The zero-order valence-corrected chi connectivity index (χ0v) is 13.9. The van der Waals surface area contributed by atoms with Gasteiger partial charge in [-0.15, -0.1) is 0 Å². The quantitative estimate of drug-likeness (QED) is 0.845. The molecule has 0 amide bonds. The highest BCUT2D eigenvalue weighted by Gasteiger charge is 2.45. The van der Waals surface area contributed by atoms with Gasteiger partial charge >= 0.3 is 0 Å². The minimum Gasteiger partial charge on any atom is -0.494 e. The molecule has 0 radical (unpaired) electrons. The van der Waals surface area contributed by atoms with Crippen LogP contribution in [0.25, 0.3) is 0 Å². The first-order chi connectivity index (χ1) is 10.9. The lowest BCUT2D eigenvalue weighted by Crippen LogP contribution is -2.45. The number of hydrogen-bond donors (Lipinski definition) is 0. The van der Waals surface area contributed by atoms with E-state index in [1.54, 1.807) is 6.07 Å². The Morgan fingerprint density at radius 3 is 2.48 bits per heavy atom. The predicted octanol–water partition coefficient (Wildman–Crippen LogP) is 2.69. The molecule has 0 spiro atoms. The number of carbonyl (C=O) groups is 1. The van der Waals surface area contributed by atoms with Gasteiger partial charge < -0.3 is 4.74 Å². The average molecular weight is 340 g/mol. The smallest absolute Gasteiger partial charge is 0.165 e. The SMILES string of the molecule is COc1ccc(CC(=O)C2CC3CCCC(C2)S3(=O)=O)cc1F. The fraction of sp³-hybridized carbons (Fsp3) is 0.588. The third-order valence-corrected chi connectivity index (χ3v) is 7.84. The highest BCUT2D eigenvalue weighted by molar-refractivity contribution is 7.92. The molecule has 3 rings (SSSR count). The van der Waals surface area contributed by atoms with Crippen LogP contribution in [-0.4, -0.2) is 31.8 Å². The molecular formula is C17H21FO4S. The maximum Gasteiger partial charge on any atom is 0.165 e. The fourth-order valence-electron chi connectivity index (χ4n) is 3.84. The van der Waals surface area contributed by atoms with Gasteiger partial charge in [-0.2, -0.15) is 0 Å². The van der Waals surface area contributed by atoms with Gasteiger partial charge in [0.05, 0.1) is 17.6 Å². The second kappa shape index (κ2) is 6.23. The zero-order chi connectivity index (χ0) is 16.6. The normalized spacial score (nSPS) is 29.0. The molecule has 2 heterocycles. The summed E-state index contributed by atoms with van der Waals surface area (Å²) in [6, 6.07) is 4.51. The topological polar surface area (TPSA) is 60.4 Å². The Morgan fingerprint density at radius 1 is 1.26 bits per heavy atom. The van der Waals surface area contributed by atoms with Gasteiger partial charge in [-0.25, -0.2) is 12.8 Å². The van der Waals surface area contributed by atoms with Crippen molar-refractivity contribution in [2.75, 3.05) is 7.11 Å². The molecule has 0 aliphatic carbocycles. The molecule has 0 N–H and O–H groups in total. The fourth-order valence-corrected chi connectivity index (χ4v) is 6.37. The van der Waals surface area contributed by atoms with E-state index in [2.05, 4.69) is 0 Å². The average Bonchev–Trinajstić information content (AvgIpc) is 2.46. The first-order valence-electron chi connectivity index (χ1n) is 7.99. The van der Waals surface area contributed by atoms with Gasteiger partial charge in [0.2, 0.25) is 0 Å². The van der Waals surface area contributed by atoms with E-state index in [4.69, 9.17) is 4.74 Å². The Labute approximate surface area is 136 Å².